The van der Waals surface area contributed by atoms with Crippen LogP contribution in [0.15, 0.2) is 12.1 Å². The molecule has 2 amide bonds. The molecule has 1 aliphatic heterocycles. The normalized spacial score (nSPS) is 19.2. The highest BCUT2D eigenvalue weighted by molar-refractivity contribution is 5.99. The highest BCUT2D eigenvalue weighted by Gasteiger charge is 2.36. The molecule has 2 rings (SSSR count). The summed E-state index contributed by atoms with van der Waals surface area (Å²) in [5.74, 6) is -1.92. The average molecular weight is 265 g/mol. The SMILES string of the molecule is Cc1ccc(C(=O)N2CC(=O)NCC2C(=O)O)n1C. The van der Waals surface area contributed by atoms with Crippen LogP contribution < -0.4 is 5.32 Å². The molecule has 1 saturated heterocycles. The monoisotopic (exact) mass is 265 g/mol. The number of hydrogen-bond donors (Lipinski definition) is 2. The van der Waals surface area contributed by atoms with Crippen molar-refractivity contribution in [3.05, 3.63) is 23.5 Å². The van der Waals surface area contributed by atoms with E-state index in [1.807, 2.05) is 6.92 Å². The number of rotatable bonds is 2. The van der Waals surface area contributed by atoms with Gasteiger partial charge in [-0.25, -0.2) is 4.79 Å². The summed E-state index contributed by atoms with van der Waals surface area (Å²) in [6, 6.07) is 2.37. The van der Waals surface area contributed by atoms with Gasteiger partial charge in [0, 0.05) is 19.3 Å². The van der Waals surface area contributed by atoms with Gasteiger partial charge in [0.15, 0.2) is 0 Å². The van der Waals surface area contributed by atoms with Gasteiger partial charge >= 0.3 is 5.97 Å². The van der Waals surface area contributed by atoms with E-state index in [1.165, 1.54) is 0 Å². The summed E-state index contributed by atoms with van der Waals surface area (Å²) in [6.45, 7) is 1.54. The molecule has 1 aromatic heterocycles. The van der Waals surface area contributed by atoms with Crippen LogP contribution in [0.1, 0.15) is 16.2 Å². The van der Waals surface area contributed by atoms with E-state index < -0.39 is 17.9 Å². The Morgan fingerprint density at radius 2 is 2.11 bits per heavy atom. The van der Waals surface area contributed by atoms with Gasteiger partial charge in [-0.05, 0) is 19.1 Å². The number of carboxylic acids is 1. The summed E-state index contributed by atoms with van der Waals surface area (Å²) in [4.78, 5) is 36.0. The third-order valence-electron chi connectivity index (χ3n) is 3.32. The van der Waals surface area contributed by atoms with Gasteiger partial charge in [-0.15, -0.1) is 0 Å². The smallest absolute Gasteiger partial charge is 0.328 e. The minimum atomic E-state index is -1.13. The Labute approximate surface area is 109 Å². The van der Waals surface area contributed by atoms with Gasteiger partial charge in [0.05, 0.1) is 0 Å². The van der Waals surface area contributed by atoms with Gasteiger partial charge in [0.2, 0.25) is 5.91 Å². The fraction of sp³-hybridized carbons (Fsp3) is 0.417. The van der Waals surface area contributed by atoms with Crippen molar-refractivity contribution < 1.29 is 19.5 Å². The summed E-state index contributed by atoms with van der Waals surface area (Å²) >= 11 is 0. The molecule has 0 bridgehead atoms. The largest absolute Gasteiger partial charge is 0.480 e. The average Bonchev–Trinajstić information content (AvgIpc) is 2.68. The fourth-order valence-electron chi connectivity index (χ4n) is 2.05. The summed E-state index contributed by atoms with van der Waals surface area (Å²) in [7, 11) is 1.72. The maximum absolute atomic E-state index is 12.4. The number of piperazine rings is 1. The third-order valence-corrected chi connectivity index (χ3v) is 3.32. The van der Waals surface area contributed by atoms with Crippen molar-refractivity contribution in [3.8, 4) is 0 Å². The first-order valence-electron chi connectivity index (χ1n) is 5.84. The number of carboxylic acid groups (broad SMARTS) is 1. The van der Waals surface area contributed by atoms with Gasteiger partial charge < -0.3 is 19.9 Å². The number of amides is 2. The topological polar surface area (TPSA) is 91.6 Å². The standard InChI is InChI=1S/C12H15N3O4/c1-7-3-4-8(14(7)2)11(17)15-6-10(16)13-5-9(15)12(18)19/h3-4,9H,5-6H2,1-2H3,(H,13,16)(H,18,19). The molecule has 19 heavy (non-hydrogen) atoms. The molecule has 2 heterocycles. The maximum atomic E-state index is 12.4. The molecule has 0 radical (unpaired) electrons. The van der Waals surface area contributed by atoms with Gasteiger partial charge in [-0.3, -0.25) is 9.59 Å². The number of aryl methyl sites for hydroxylation is 1. The predicted octanol–water partition coefficient (Wildman–Crippen LogP) is -0.641. The molecule has 0 spiro atoms. The van der Waals surface area contributed by atoms with Crippen molar-refractivity contribution >= 4 is 17.8 Å². The number of carbonyl (C=O) groups excluding carboxylic acids is 2. The Balaban J connectivity index is 2.31. The van der Waals surface area contributed by atoms with Crippen molar-refractivity contribution in [2.45, 2.75) is 13.0 Å². The zero-order valence-corrected chi connectivity index (χ0v) is 10.7. The van der Waals surface area contributed by atoms with E-state index in [4.69, 9.17) is 5.11 Å². The maximum Gasteiger partial charge on any atom is 0.328 e. The molecule has 1 aliphatic rings. The number of nitrogens with one attached hydrogen (secondary N) is 1. The molecule has 1 atom stereocenters. The molecule has 7 nitrogen and oxygen atoms in total. The number of nitrogens with zero attached hydrogens (tertiary/aromatic N) is 2. The number of hydrogen-bond acceptors (Lipinski definition) is 3. The van der Waals surface area contributed by atoms with E-state index >= 15 is 0 Å². The van der Waals surface area contributed by atoms with Crippen LogP contribution in [-0.2, 0) is 16.6 Å². The van der Waals surface area contributed by atoms with Crippen LogP contribution >= 0.6 is 0 Å². The minimum absolute atomic E-state index is 0.0662. The lowest BCUT2D eigenvalue weighted by Gasteiger charge is -2.32. The molecular formula is C12H15N3O4. The third kappa shape index (κ3) is 2.31. The Bertz CT molecular complexity index is 549. The van der Waals surface area contributed by atoms with Crippen LogP contribution in [0, 0.1) is 6.92 Å². The first-order valence-corrected chi connectivity index (χ1v) is 5.84. The summed E-state index contributed by atoms with van der Waals surface area (Å²) in [5.41, 5.74) is 1.26. The van der Waals surface area contributed by atoms with E-state index in [1.54, 1.807) is 23.7 Å². The lowest BCUT2D eigenvalue weighted by molar-refractivity contribution is -0.144. The second-order valence-corrected chi connectivity index (χ2v) is 4.51. The second-order valence-electron chi connectivity index (χ2n) is 4.51. The lowest BCUT2D eigenvalue weighted by atomic mass is 10.1. The molecular weight excluding hydrogens is 250 g/mol. The predicted molar refractivity (Wildman–Crippen MR) is 65.6 cm³/mol. The van der Waals surface area contributed by atoms with Gasteiger partial charge in [0.1, 0.15) is 18.3 Å². The van der Waals surface area contributed by atoms with Crippen molar-refractivity contribution in [1.29, 1.82) is 0 Å². The molecule has 0 saturated carbocycles. The summed E-state index contributed by atoms with van der Waals surface area (Å²) in [5, 5.41) is 11.6. The molecule has 7 heteroatoms. The zero-order chi connectivity index (χ0) is 14.2. The molecule has 1 fully saturated rings. The van der Waals surface area contributed by atoms with E-state index in [-0.39, 0.29) is 19.0 Å². The quantitative estimate of drug-likeness (QED) is 0.744. The molecule has 1 unspecified atom stereocenters. The van der Waals surface area contributed by atoms with Crippen LogP contribution in [0.5, 0.6) is 0 Å². The van der Waals surface area contributed by atoms with Crippen LogP contribution in [0.25, 0.3) is 0 Å². The van der Waals surface area contributed by atoms with Crippen molar-refractivity contribution in [2.24, 2.45) is 7.05 Å². The first kappa shape index (κ1) is 13.1. The van der Waals surface area contributed by atoms with Gasteiger partial charge in [-0.2, -0.15) is 0 Å². The zero-order valence-electron chi connectivity index (χ0n) is 10.7. The highest BCUT2D eigenvalue weighted by Crippen LogP contribution is 2.13. The van der Waals surface area contributed by atoms with Crippen LogP contribution in [0.4, 0.5) is 0 Å². The molecule has 0 aromatic carbocycles. The Hall–Kier alpha value is -2.31. The fourth-order valence-corrected chi connectivity index (χ4v) is 2.05. The second kappa shape index (κ2) is 4.75. The highest BCUT2D eigenvalue weighted by atomic mass is 16.4. The van der Waals surface area contributed by atoms with Crippen LogP contribution in [0.2, 0.25) is 0 Å². The molecule has 1 aromatic rings. The van der Waals surface area contributed by atoms with Gasteiger partial charge in [0.25, 0.3) is 5.91 Å². The van der Waals surface area contributed by atoms with Crippen LogP contribution in [0.3, 0.4) is 0 Å². The Morgan fingerprint density at radius 1 is 1.42 bits per heavy atom. The van der Waals surface area contributed by atoms with E-state index in [2.05, 4.69) is 5.32 Å². The minimum Gasteiger partial charge on any atom is -0.480 e. The Kier molecular flexibility index (Phi) is 3.28. The number of aliphatic carboxylic acids is 1. The molecule has 0 aliphatic carbocycles. The molecule has 102 valence electrons. The summed E-state index contributed by atoms with van der Waals surface area (Å²) < 4.78 is 1.67. The van der Waals surface area contributed by atoms with E-state index in [0.29, 0.717) is 5.69 Å². The van der Waals surface area contributed by atoms with E-state index in [9.17, 15) is 14.4 Å². The van der Waals surface area contributed by atoms with Gasteiger partial charge in [-0.1, -0.05) is 0 Å². The lowest BCUT2D eigenvalue weighted by Crippen LogP contribution is -2.59. The van der Waals surface area contributed by atoms with Crippen molar-refractivity contribution in [1.82, 2.24) is 14.8 Å². The Morgan fingerprint density at radius 3 is 2.63 bits per heavy atom. The van der Waals surface area contributed by atoms with Crippen molar-refractivity contribution in [2.75, 3.05) is 13.1 Å². The molecule has 2 N–H and O–H groups in total. The first-order chi connectivity index (χ1) is 8.91. The van der Waals surface area contributed by atoms with E-state index in [0.717, 1.165) is 10.6 Å². The summed E-state index contributed by atoms with van der Waals surface area (Å²) in [6.07, 6.45) is 0. The van der Waals surface area contributed by atoms with Crippen LogP contribution in [-0.4, -0.2) is 51.5 Å². The van der Waals surface area contributed by atoms with Crippen molar-refractivity contribution in [3.63, 3.8) is 0 Å². The number of carbonyl (C=O) groups is 3. The number of aromatic nitrogens is 1.